The Hall–Kier alpha value is -2.87. The molecule has 22 heavy (non-hydrogen) atoms. The van der Waals surface area contributed by atoms with Gasteiger partial charge in [-0.3, -0.25) is 0 Å². The van der Waals surface area contributed by atoms with Gasteiger partial charge in [-0.1, -0.05) is 12.1 Å². The summed E-state index contributed by atoms with van der Waals surface area (Å²) in [5.74, 6) is 1.65. The minimum absolute atomic E-state index is 0.573. The lowest BCUT2D eigenvalue weighted by atomic mass is 10.2. The lowest BCUT2D eigenvalue weighted by Gasteiger charge is -2.19. The number of pyridine rings is 1. The fourth-order valence-corrected chi connectivity index (χ4v) is 2.67. The zero-order chi connectivity index (χ0) is 15.5. The summed E-state index contributed by atoms with van der Waals surface area (Å²) < 4.78 is 2.20. The summed E-state index contributed by atoms with van der Waals surface area (Å²) >= 11 is 0. The molecule has 3 aromatic rings. The summed E-state index contributed by atoms with van der Waals surface area (Å²) in [7, 11) is 1.93. The molecular weight excluding hydrogens is 274 g/mol. The van der Waals surface area contributed by atoms with E-state index >= 15 is 0 Å². The van der Waals surface area contributed by atoms with Gasteiger partial charge in [0.1, 0.15) is 17.7 Å². The van der Waals surface area contributed by atoms with Crippen LogP contribution in [0, 0.1) is 11.3 Å². The van der Waals surface area contributed by atoms with Gasteiger partial charge in [-0.25, -0.2) is 9.97 Å². The van der Waals surface area contributed by atoms with E-state index in [-0.39, 0.29) is 0 Å². The molecule has 0 spiro atoms. The second-order valence-corrected chi connectivity index (χ2v) is 5.10. The Morgan fingerprint density at radius 3 is 2.82 bits per heavy atom. The third kappa shape index (κ3) is 2.40. The van der Waals surface area contributed by atoms with Crippen molar-refractivity contribution in [2.24, 2.45) is 0 Å². The van der Waals surface area contributed by atoms with E-state index < -0.39 is 0 Å². The zero-order valence-corrected chi connectivity index (χ0v) is 12.7. The van der Waals surface area contributed by atoms with E-state index in [1.54, 1.807) is 18.3 Å². The summed E-state index contributed by atoms with van der Waals surface area (Å²) in [5.41, 5.74) is 2.70. The van der Waals surface area contributed by atoms with E-state index in [2.05, 4.69) is 28.6 Å². The standard InChI is InChI=1S/C17H17N5/c1-3-22-15-9-5-4-8-14(15)20-16(22)12-21(2)17-13(11-18)7-6-10-19-17/h4-10H,3,12H2,1-2H3. The quantitative estimate of drug-likeness (QED) is 0.741. The monoisotopic (exact) mass is 291 g/mol. The predicted molar refractivity (Wildman–Crippen MR) is 86.5 cm³/mol. The molecule has 0 bridgehead atoms. The highest BCUT2D eigenvalue weighted by atomic mass is 15.2. The molecule has 0 aliphatic rings. The lowest BCUT2D eigenvalue weighted by molar-refractivity contribution is 0.699. The number of aryl methyl sites for hydroxylation is 1. The number of nitriles is 1. The Morgan fingerprint density at radius 2 is 2.05 bits per heavy atom. The van der Waals surface area contributed by atoms with Gasteiger partial charge < -0.3 is 9.47 Å². The number of aromatic nitrogens is 3. The van der Waals surface area contributed by atoms with Crippen LogP contribution >= 0.6 is 0 Å². The van der Waals surface area contributed by atoms with E-state index in [0.717, 1.165) is 23.4 Å². The van der Waals surface area contributed by atoms with Crippen LogP contribution in [0.4, 0.5) is 5.82 Å². The summed E-state index contributed by atoms with van der Waals surface area (Å²) in [6, 6.07) is 13.9. The van der Waals surface area contributed by atoms with Gasteiger partial charge in [0.25, 0.3) is 0 Å². The summed E-state index contributed by atoms with van der Waals surface area (Å²) in [6.07, 6.45) is 1.70. The number of fused-ring (bicyclic) bond motifs is 1. The first-order valence-electron chi connectivity index (χ1n) is 7.25. The first-order valence-corrected chi connectivity index (χ1v) is 7.25. The minimum Gasteiger partial charge on any atom is -0.351 e. The molecular formula is C17H17N5. The molecule has 0 radical (unpaired) electrons. The van der Waals surface area contributed by atoms with E-state index in [9.17, 15) is 5.26 Å². The minimum atomic E-state index is 0.573. The third-order valence-electron chi connectivity index (χ3n) is 3.70. The van der Waals surface area contributed by atoms with Gasteiger partial charge in [0.15, 0.2) is 0 Å². The van der Waals surface area contributed by atoms with Crippen molar-refractivity contribution in [2.45, 2.75) is 20.0 Å². The number of benzene rings is 1. The van der Waals surface area contributed by atoms with Crippen molar-refractivity contribution in [2.75, 3.05) is 11.9 Å². The van der Waals surface area contributed by atoms with Gasteiger partial charge in [0.05, 0.1) is 23.1 Å². The maximum Gasteiger partial charge on any atom is 0.146 e. The highest BCUT2D eigenvalue weighted by molar-refractivity contribution is 5.76. The molecule has 1 aromatic carbocycles. The van der Waals surface area contributed by atoms with Gasteiger partial charge in [-0.15, -0.1) is 0 Å². The molecule has 0 saturated carbocycles. The van der Waals surface area contributed by atoms with E-state index in [1.807, 2.05) is 30.1 Å². The molecule has 0 saturated heterocycles. The first kappa shape index (κ1) is 14.1. The van der Waals surface area contributed by atoms with Crippen molar-refractivity contribution in [3.63, 3.8) is 0 Å². The molecule has 110 valence electrons. The van der Waals surface area contributed by atoms with Crippen LogP contribution < -0.4 is 4.90 Å². The SMILES string of the molecule is CCn1c(CN(C)c2ncccc2C#N)nc2ccccc21. The topological polar surface area (TPSA) is 57.7 Å². The van der Waals surface area contributed by atoms with Crippen molar-refractivity contribution in [1.29, 1.82) is 5.26 Å². The fourth-order valence-electron chi connectivity index (χ4n) is 2.67. The van der Waals surface area contributed by atoms with Crippen LogP contribution in [-0.4, -0.2) is 21.6 Å². The molecule has 0 unspecified atom stereocenters. The first-order chi connectivity index (χ1) is 10.7. The van der Waals surface area contributed by atoms with E-state index in [4.69, 9.17) is 4.98 Å². The van der Waals surface area contributed by atoms with Crippen LogP contribution in [0.3, 0.4) is 0 Å². The molecule has 2 heterocycles. The summed E-state index contributed by atoms with van der Waals surface area (Å²) in [4.78, 5) is 11.0. The van der Waals surface area contributed by atoms with Gasteiger partial charge in [0.2, 0.25) is 0 Å². The number of hydrogen-bond acceptors (Lipinski definition) is 4. The Kier molecular flexibility index (Phi) is 3.75. The molecule has 5 nitrogen and oxygen atoms in total. The molecule has 0 fully saturated rings. The normalized spacial score (nSPS) is 10.6. The Morgan fingerprint density at radius 1 is 1.23 bits per heavy atom. The van der Waals surface area contributed by atoms with Gasteiger partial charge in [-0.2, -0.15) is 5.26 Å². The average molecular weight is 291 g/mol. The fraction of sp³-hybridized carbons (Fsp3) is 0.235. The van der Waals surface area contributed by atoms with Crippen molar-refractivity contribution in [3.05, 3.63) is 54.0 Å². The Balaban J connectivity index is 1.98. The Labute approximate surface area is 129 Å². The number of nitrogens with zero attached hydrogens (tertiary/aromatic N) is 5. The second-order valence-electron chi connectivity index (χ2n) is 5.10. The predicted octanol–water partition coefficient (Wildman–Crippen LogP) is 2.96. The zero-order valence-electron chi connectivity index (χ0n) is 12.7. The van der Waals surface area contributed by atoms with Crippen LogP contribution in [0.5, 0.6) is 0 Å². The third-order valence-corrected chi connectivity index (χ3v) is 3.70. The Bertz CT molecular complexity index is 844. The molecule has 5 heteroatoms. The molecule has 2 aromatic heterocycles. The van der Waals surface area contributed by atoms with Crippen LogP contribution in [0.1, 0.15) is 18.3 Å². The van der Waals surface area contributed by atoms with Crippen LogP contribution in [0.2, 0.25) is 0 Å². The highest BCUT2D eigenvalue weighted by Gasteiger charge is 2.14. The average Bonchev–Trinajstić information content (AvgIpc) is 2.91. The van der Waals surface area contributed by atoms with Crippen molar-refractivity contribution in [3.8, 4) is 6.07 Å². The lowest BCUT2D eigenvalue weighted by Crippen LogP contribution is -2.21. The highest BCUT2D eigenvalue weighted by Crippen LogP contribution is 2.20. The number of para-hydroxylation sites is 2. The maximum atomic E-state index is 9.21. The number of imidazole rings is 1. The van der Waals surface area contributed by atoms with Gasteiger partial charge >= 0.3 is 0 Å². The molecule has 0 atom stereocenters. The van der Waals surface area contributed by atoms with Gasteiger partial charge in [-0.05, 0) is 31.2 Å². The largest absolute Gasteiger partial charge is 0.351 e. The van der Waals surface area contributed by atoms with Gasteiger partial charge in [0, 0.05) is 19.8 Å². The molecule has 0 N–H and O–H groups in total. The number of rotatable bonds is 4. The van der Waals surface area contributed by atoms with E-state index in [0.29, 0.717) is 17.9 Å². The van der Waals surface area contributed by atoms with E-state index in [1.165, 1.54) is 0 Å². The van der Waals surface area contributed by atoms with Crippen molar-refractivity contribution >= 4 is 16.9 Å². The van der Waals surface area contributed by atoms with Crippen LogP contribution in [0.25, 0.3) is 11.0 Å². The molecule has 0 aliphatic carbocycles. The van der Waals surface area contributed by atoms with Crippen LogP contribution in [0.15, 0.2) is 42.6 Å². The van der Waals surface area contributed by atoms with Crippen molar-refractivity contribution in [1.82, 2.24) is 14.5 Å². The smallest absolute Gasteiger partial charge is 0.146 e. The molecule has 0 aliphatic heterocycles. The number of hydrogen-bond donors (Lipinski definition) is 0. The maximum absolute atomic E-state index is 9.21. The molecule has 3 rings (SSSR count). The molecule has 0 amide bonds. The summed E-state index contributed by atoms with van der Waals surface area (Å²) in [5, 5.41) is 9.21. The summed E-state index contributed by atoms with van der Waals surface area (Å²) in [6.45, 7) is 3.57. The van der Waals surface area contributed by atoms with Crippen LogP contribution in [-0.2, 0) is 13.1 Å². The number of anilines is 1. The van der Waals surface area contributed by atoms with Crippen molar-refractivity contribution < 1.29 is 0 Å². The second kappa shape index (κ2) is 5.86.